The Morgan fingerprint density at radius 1 is 1.08 bits per heavy atom. The minimum Gasteiger partial charge on any atom is -0.373 e. The summed E-state index contributed by atoms with van der Waals surface area (Å²) in [5, 5.41) is 4.26. The van der Waals surface area contributed by atoms with E-state index in [1.165, 1.54) is 51.1 Å². The first kappa shape index (κ1) is 17.9. The van der Waals surface area contributed by atoms with Crippen LogP contribution in [0.2, 0.25) is 0 Å². The molecule has 2 saturated heterocycles. The predicted octanol–water partition coefficient (Wildman–Crippen LogP) is 2.17. The van der Waals surface area contributed by atoms with Gasteiger partial charge in [0, 0.05) is 45.0 Å². The second-order valence-corrected chi connectivity index (χ2v) is 7.79. The highest BCUT2D eigenvalue weighted by Gasteiger charge is 2.24. The van der Waals surface area contributed by atoms with Gasteiger partial charge in [-0.15, -0.1) is 0 Å². The topological polar surface area (TPSA) is 33.5 Å². The summed E-state index contributed by atoms with van der Waals surface area (Å²) in [4.78, 5) is 5.23. The maximum Gasteiger partial charge on any atom is 0.0678 e. The van der Waals surface area contributed by atoms with E-state index < -0.39 is 0 Å². The fraction of sp³-hybridized carbons (Fsp3) is 0.842. The largest absolute Gasteiger partial charge is 0.373 e. The third kappa shape index (κ3) is 5.04. The summed E-state index contributed by atoms with van der Waals surface area (Å²) in [7, 11) is 2.04. The maximum absolute atomic E-state index is 5.83. The van der Waals surface area contributed by atoms with Crippen molar-refractivity contribution in [3.8, 4) is 0 Å². The number of nitrogens with zero attached hydrogens (tertiary/aromatic N) is 4. The zero-order valence-electron chi connectivity index (χ0n) is 15.7. The molecule has 5 nitrogen and oxygen atoms in total. The molecule has 0 radical (unpaired) electrons. The van der Waals surface area contributed by atoms with E-state index in [1.807, 2.05) is 17.9 Å². The van der Waals surface area contributed by atoms with Crippen molar-refractivity contribution in [2.75, 3.05) is 39.3 Å². The van der Waals surface area contributed by atoms with Crippen LogP contribution in [0.25, 0.3) is 0 Å². The van der Waals surface area contributed by atoms with Crippen LogP contribution in [0.5, 0.6) is 0 Å². The standard InChI is InChI=1S/C19H34N4O/c1-16-14-23(15-17(2)24-16)12-7-18-5-10-22(11-6-18)13-8-19-4-9-20-21(19)3/h4,9,16-18H,5-8,10-15H2,1-3H3/t16-,17-/m1/s1. The molecule has 1 aromatic heterocycles. The SMILES string of the molecule is C[C@@H]1CN(CCC2CCN(CCc3ccnn3C)CC2)C[C@@H](C)O1. The normalized spacial score (nSPS) is 27.6. The van der Waals surface area contributed by atoms with Gasteiger partial charge in [0.05, 0.1) is 12.2 Å². The van der Waals surface area contributed by atoms with Gasteiger partial charge in [-0.05, 0) is 64.7 Å². The Kier molecular flexibility index (Phi) is 6.31. The molecular formula is C19H34N4O. The van der Waals surface area contributed by atoms with Gasteiger partial charge in [0.15, 0.2) is 0 Å². The van der Waals surface area contributed by atoms with Crippen LogP contribution in [0.15, 0.2) is 12.3 Å². The molecule has 5 heteroatoms. The van der Waals surface area contributed by atoms with E-state index in [0.717, 1.165) is 25.4 Å². The number of piperidine rings is 1. The Hall–Kier alpha value is -0.910. The average Bonchev–Trinajstić information content (AvgIpc) is 2.96. The molecule has 2 aliphatic rings. The van der Waals surface area contributed by atoms with Gasteiger partial charge in [0.25, 0.3) is 0 Å². The van der Waals surface area contributed by atoms with Gasteiger partial charge in [0.1, 0.15) is 0 Å². The van der Waals surface area contributed by atoms with Crippen molar-refractivity contribution >= 4 is 0 Å². The van der Waals surface area contributed by atoms with Crippen molar-refractivity contribution in [3.63, 3.8) is 0 Å². The molecule has 3 rings (SSSR count). The average molecular weight is 335 g/mol. The molecular weight excluding hydrogens is 300 g/mol. The van der Waals surface area contributed by atoms with E-state index in [-0.39, 0.29) is 0 Å². The third-order valence-electron chi connectivity index (χ3n) is 5.66. The van der Waals surface area contributed by atoms with Crippen molar-refractivity contribution in [1.29, 1.82) is 0 Å². The Labute approximate surface area is 146 Å². The van der Waals surface area contributed by atoms with E-state index in [1.54, 1.807) is 0 Å². The number of aryl methyl sites for hydroxylation is 1. The zero-order chi connectivity index (χ0) is 16.9. The molecule has 24 heavy (non-hydrogen) atoms. The number of morpholine rings is 1. The smallest absolute Gasteiger partial charge is 0.0678 e. The van der Waals surface area contributed by atoms with Gasteiger partial charge >= 0.3 is 0 Å². The van der Waals surface area contributed by atoms with Crippen molar-refractivity contribution < 1.29 is 4.74 Å². The quantitative estimate of drug-likeness (QED) is 0.798. The first-order valence-electron chi connectivity index (χ1n) is 9.67. The molecule has 0 aromatic carbocycles. The molecule has 136 valence electrons. The molecule has 0 N–H and O–H groups in total. The minimum atomic E-state index is 0.391. The highest BCUT2D eigenvalue weighted by Crippen LogP contribution is 2.22. The molecule has 0 amide bonds. The lowest BCUT2D eigenvalue weighted by molar-refractivity contribution is -0.0693. The molecule has 3 heterocycles. The molecule has 0 saturated carbocycles. The van der Waals surface area contributed by atoms with Crippen molar-refractivity contribution in [2.24, 2.45) is 13.0 Å². The van der Waals surface area contributed by atoms with Crippen LogP contribution >= 0.6 is 0 Å². The van der Waals surface area contributed by atoms with Crippen molar-refractivity contribution in [3.05, 3.63) is 18.0 Å². The van der Waals surface area contributed by atoms with E-state index in [2.05, 4.69) is 34.8 Å². The summed E-state index contributed by atoms with van der Waals surface area (Å²) in [5.41, 5.74) is 1.34. The highest BCUT2D eigenvalue weighted by molar-refractivity contribution is 5.00. The lowest BCUT2D eigenvalue weighted by atomic mass is 9.93. The number of aromatic nitrogens is 2. The summed E-state index contributed by atoms with van der Waals surface area (Å²) >= 11 is 0. The van der Waals surface area contributed by atoms with E-state index in [4.69, 9.17) is 4.74 Å². The van der Waals surface area contributed by atoms with Crippen LogP contribution in [0.1, 0.15) is 38.8 Å². The number of ether oxygens (including phenoxy) is 1. The van der Waals surface area contributed by atoms with Crippen LogP contribution in [-0.2, 0) is 18.2 Å². The van der Waals surface area contributed by atoms with Gasteiger partial charge < -0.3 is 9.64 Å². The van der Waals surface area contributed by atoms with Gasteiger partial charge in [-0.1, -0.05) is 0 Å². The number of likely N-dealkylation sites (tertiary alicyclic amines) is 1. The van der Waals surface area contributed by atoms with Crippen molar-refractivity contribution in [2.45, 2.75) is 51.7 Å². The summed E-state index contributed by atoms with van der Waals surface area (Å²) in [5.74, 6) is 0.909. The number of hydrogen-bond acceptors (Lipinski definition) is 4. The second kappa shape index (κ2) is 8.45. The summed E-state index contributed by atoms with van der Waals surface area (Å²) in [6.45, 7) is 11.5. The Bertz CT molecular complexity index is 485. The van der Waals surface area contributed by atoms with E-state index in [9.17, 15) is 0 Å². The Morgan fingerprint density at radius 2 is 1.79 bits per heavy atom. The van der Waals surface area contributed by atoms with E-state index >= 15 is 0 Å². The molecule has 2 atom stereocenters. The fourth-order valence-electron chi connectivity index (χ4n) is 4.25. The van der Waals surface area contributed by atoms with E-state index in [0.29, 0.717) is 12.2 Å². The Morgan fingerprint density at radius 3 is 2.42 bits per heavy atom. The second-order valence-electron chi connectivity index (χ2n) is 7.79. The minimum absolute atomic E-state index is 0.391. The molecule has 1 aromatic rings. The third-order valence-corrected chi connectivity index (χ3v) is 5.66. The zero-order valence-corrected chi connectivity index (χ0v) is 15.7. The lowest BCUT2D eigenvalue weighted by Crippen LogP contribution is -2.46. The van der Waals surface area contributed by atoms with Crippen LogP contribution in [0.3, 0.4) is 0 Å². The molecule has 2 aliphatic heterocycles. The molecule has 0 spiro atoms. The molecule has 0 bridgehead atoms. The monoisotopic (exact) mass is 334 g/mol. The lowest BCUT2D eigenvalue weighted by Gasteiger charge is -2.37. The van der Waals surface area contributed by atoms with Gasteiger partial charge in [-0.3, -0.25) is 9.58 Å². The fourth-order valence-corrected chi connectivity index (χ4v) is 4.25. The Balaban J connectivity index is 1.32. The summed E-state index contributed by atoms with van der Waals surface area (Å²) < 4.78 is 7.83. The first-order valence-corrected chi connectivity index (χ1v) is 9.67. The highest BCUT2D eigenvalue weighted by atomic mass is 16.5. The molecule has 2 fully saturated rings. The van der Waals surface area contributed by atoms with Gasteiger partial charge in [-0.2, -0.15) is 5.10 Å². The number of rotatable bonds is 6. The van der Waals surface area contributed by atoms with Crippen LogP contribution in [0.4, 0.5) is 0 Å². The predicted molar refractivity (Wildman–Crippen MR) is 97.1 cm³/mol. The maximum atomic E-state index is 5.83. The van der Waals surface area contributed by atoms with Crippen LogP contribution in [0, 0.1) is 5.92 Å². The van der Waals surface area contributed by atoms with Crippen LogP contribution < -0.4 is 0 Å². The van der Waals surface area contributed by atoms with Gasteiger partial charge in [0.2, 0.25) is 0 Å². The van der Waals surface area contributed by atoms with Gasteiger partial charge in [-0.25, -0.2) is 0 Å². The molecule has 0 unspecified atom stereocenters. The summed E-state index contributed by atoms with van der Waals surface area (Å²) in [6, 6.07) is 2.14. The van der Waals surface area contributed by atoms with Crippen molar-refractivity contribution in [1.82, 2.24) is 19.6 Å². The number of hydrogen-bond donors (Lipinski definition) is 0. The summed E-state index contributed by atoms with van der Waals surface area (Å²) in [6.07, 6.45) is 7.88. The van der Waals surface area contributed by atoms with Crippen LogP contribution in [-0.4, -0.2) is 71.1 Å². The first-order chi connectivity index (χ1) is 11.6. The molecule has 0 aliphatic carbocycles.